The molecule has 4 heterocycles. The molecule has 1 aliphatic heterocycles. The highest BCUT2D eigenvalue weighted by molar-refractivity contribution is 6.04. The molecule has 3 aromatic heterocycles. The Morgan fingerprint density at radius 3 is 2.94 bits per heavy atom. The van der Waals surface area contributed by atoms with E-state index in [0.29, 0.717) is 29.4 Å². The molecule has 5 rings (SSSR count). The number of ether oxygens (including phenoxy) is 1. The second kappa shape index (κ2) is 9.06. The summed E-state index contributed by atoms with van der Waals surface area (Å²) in [5, 5.41) is 11.3. The third-order valence-corrected chi connectivity index (χ3v) is 6.07. The molecule has 10 heteroatoms. The smallest absolute Gasteiger partial charge is 0.269 e. The van der Waals surface area contributed by atoms with Crippen LogP contribution in [0.15, 0.2) is 36.7 Å². The van der Waals surface area contributed by atoms with Crippen molar-refractivity contribution in [1.29, 1.82) is 0 Å². The topological polar surface area (TPSA) is 158 Å². The van der Waals surface area contributed by atoms with Gasteiger partial charge in [0.25, 0.3) is 5.91 Å². The van der Waals surface area contributed by atoms with Crippen LogP contribution in [0.4, 0.5) is 11.5 Å². The van der Waals surface area contributed by atoms with Crippen LogP contribution < -0.4 is 16.8 Å². The molecule has 1 unspecified atom stereocenters. The molecule has 6 N–H and O–H groups in total. The summed E-state index contributed by atoms with van der Waals surface area (Å²) in [5.41, 5.74) is 15.7. The largest absolute Gasteiger partial charge is 0.395 e. The number of amides is 1. The minimum Gasteiger partial charge on any atom is -0.395 e. The zero-order valence-electron chi connectivity index (χ0n) is 18.8. The Labute approximate surface area is 196 Å². The second-order valence-electron chi connectivity index (χ2n) is 8.38. The molecule has 10 nitrogen and oxygen atoms in total. The number of nitrogens with one attached hydrogen (secondary N) is 2. The quantitative estimate of drug-likeness (QED) is 0.343. The zero-order valence-corrected chi connectivity index (χ0v) is 18.8. The van der Waals surface area contributed by atoms with Gasteiger partial charge in [-0.25, -0.2) is 15.0 Å². The van der Waals surface area contributed by atoms with Crippen molar-refractivity contribution in [2.45, 2.75) is 32.3 Å². The van der Waals surface area contributed by atoms with Crippen LogP contribution >= 0.6 is 0 Å². The predicted octanol–water partition coefficient (Wildman–Crippen LogP) is 3.05. The van der Waals surface area contributed by atoms with Crippen molar-refractivity contribution < 1.29 is 9.53 Å². The lowest BCUT2D eigenvalue weighted by molar-refractivity contribution is 0.0247. The maximum Gasteiger partial charge on any atom is 0.269 e. The van der Waals surface area contributed by atoms with E-state index in [1.807, 2.05) is 25.1 Å². The van der Waals surface area contributed by atoms with Gasteiger partial charge in [-0.3, -0.25) is 9.89 Å². The number of primary amides is 1. The minimum atomic E-state index is -0.728. The first kappa shape index (κ1) is 21.8. The second-order valence-corrected chi connectivity index (χ2v) is 8.38. The number of fused-ring (bicyclic) bond motifs is 1. The number of anilines is 2. The third kappa shape index (κ3) is 4.03. The Hall–Kier alpha value is -4.05. The van der Waals surface area contributed by atoms with Crippen LogP contribution in [0, 0.1) is 6.92 Å². The van der Waals surface area contributed by atoms with Crippen molar-refractivity contribution in [2.24, 2.45) is 5.73 Å². The summed E-state index contributed by atoms with van der Waals surface area (Å²) in [5.74, 6) is 0.174. The summed E-state index contributed by atoms with van der Waals surface area (Å²) in [4.78, 5) is 26.0. The van der Waals surface area contributed by atoms with Crippen molar-refractivity contribution in [3.8, 4) is 22.6 Å². The van der Waals surface area contributed by atoms with Crippen LogP contribution in [0.5, 0.6) is 0 Å². The molecule has 1 aliphatic rings. The van der Waals surface area contributed by atoms with Gasteiger partial charge >= 0.3 is 0 Å². The Bertz CT molecular complexity index is 1360. The van der Waals surface area contributed by atoms with Gasteiger partial charge in [-0.1, -0.05) is 6.07 Å². The van der Waals surface area contributed by atoms with Gasteiger partial charge in [0, 0.05) is 30.3 Å². The fourth-order valence-electron chi connectivity index (χ4n) is 4.31. The molecule has 1 fully saturated rings. The molecular formula is C24H26N8O2. The molecule has 0 radical (unpaired) electrons. The summed E-state index contributed by atoms with van der Waals surface area (Å²) < 4.78 is 5.83. The average molecular weight is 459 g/mol. The van der Waals surface area contributed by atoms with Crippen LogP contribution in [-0.2, 0) is 4.74 Å². The molecular weight excluding hydrogens is 432 g/mol. The average Bonchev–Trinajstić information content (AvgIpc) is 3.33. The number of pyridine rings is 1. The number of nitrogens with zero attached hydrogens (tertiary/aromatic N) is 4. The molecule has 0 saturated carbocycles. The summed E-state index contributed by atoms with van der Waals surface area (Å²) in [6.45, 7) is 3.34. The van der Waals surface area contributed by atoms with E-state index in [2.05, 4.69) is 25.5 Å². The molecule has 4 aromatic rings. The van der Waals surface area contributed by atoms with Gasteiger partial charge in [-0.15, -0.1) is 0 Å². The van der Waals surface area contributed by atoms with Gasteiger partial charge < -0.3 is 21.5 Å². The fraction of sp³-hybridized carbons (Fsp3) is 0.292. The number of carbonyl (C=O) groups is 1. The number of aryl methyl sites for hydroxylation is 1. The van der Waals surface area contributed by atoms with Crippen molar-refractivity contribution in [1.82, 2.24) is 25.1 Å². The summed E-state index contributed by atoms with van der Waals surface area (Å²) in [6.07, 6.45) is 6.76. The lowest BCUT2D eigenvalue weighted by atomic mass is 9.99. The first-order chi connectivity index (χ1) is 16.5. The predicted molar refractivity (Wildman–Crippen MR) is 130 cm³/mol. The number of carbonyl (C=O) groups excluding carboxylic acids is 1. The standard InChI is InChI=1S/C24H26N8O2/c1-13-7-8-17-16(12-29-32-17)18(13)20-19(25)21(22(26)33)31-24(30-20)15-6-4-9-27-23(15)28-11-14-5-2-3-10-34-14/h4,6-9,12,14H,2-3,5,10-11,25H2,1H3,(H2,26,33)(H,27,28)(H,29,32). The Balaban J connectivity index is 1.62. The van der Waals surface area contributed by atoms with E-state index < -0.39 is 5.91 Å². The van der Waals surface area contributed by atoms with E-state index in [9.17, 15) is 4.79 Å². The SMILES string of the molecule is Cc1ccc2[nH]ncc2c1-c1nc(-c2cccnc2NCC2CCCCO2)nc(C(N)=O)c1N. The van der Waals surface area contributed by atoms with Crippen LogP contribution in [0.3, 0.4) is 0 Å². The summed E-state index contributed by atoms with van der Waals surface area (Å²) in [7, 11) is 0. The number of nitrogens with two attached hydrogens (primary N) is 2. The molecule has 34 heavy (non-hydrogen) atoms. The summed E-state index contributed by atoms with van der Waals surface area (Å²) >= 11 is 0. The first-order valence-electron chi connectivity index (χ1n) is 11.2. The molecule has 1 saturated heterocycles. The number of nitrogen functional groups attached to an aromatic ring is 1. The lowest BCUT2D eigenvalue weighted by Crippen LogP contribution is -2.27. The number of hydrogen-bond donors (Lipinski definition) is 4. The Morgan fingerprint density at radius 2 is 2.15 bits per heavy atom. The number of hydrogen-bond acceptors (Lipinski definition) is 8. The molecule has 0 bridgehead atoms. The molecule has 0 aliphatic carbocycles. The van der Waals surface area contributed by atoms with Gasteiger partial charge in [0.1, 0.15) is 5.82 Å². The highest BCUT2D eigenvalue weighted by atomic mass is 16.5. The van der Waals surface area contributed by atoms with E-state index in [4.69, 9.17) is 21.2 Å². The van der Waals surface area contributed by atoms with E-state index in [-0.39, 0.29) is 17.5 Å². The molecule has 174 valence electrons. The molecule has 1 aromatic carbocycles. The minimum absolute atomic E-state index is 0.0367. The number of rotatable bonds is 6. The fourth-order valence-corrected chi connectivity index (χ4v) is 4.31. The van der Waals surface area contributed by atoms with Crippen molar-refractivity contribution in [3.05, 3.63) is 47.9 Å². The van der Waals surface area contributed by atoms with Crippen molar-refractivity contribution >= 4 is 28.3 Å². The van der Waals surface area contributed by atoms with Gasteiger partial charge in [0.05, 0.1) is 34.8 Å². The van der Waals surface area contributed by atoms with Gasteiger partial charge in [-0.05, 0) is 49.9 Å². The van der Waals surface area contributed by atoms with Crippen LogP contribution in [0.2, 0.25) is 0 Å². The van der Waals surface area contributed by atoms with Crippen LogP contribution in [-0.4, -0.2) is 50.3 Å². The highest BCUT2D eigenvalue weighted by Crippen LogP contribution is 2.36. The first-order valence-corrected chi connectivity index (χ1v) is 11.2. The van der Waals surface area contributed by atoms with E-state index >= 15 is 0 Å². The number of H-pyrrole nitrogens is 1. The normalized spacial score (nSPS) is 16.0. The molecule has 1 atom stereocenters. The lowest BCUT2D eigenvalue weighted by Gasteiger charge is -2.23. The number of aromatic amines is 1. The van der Waals surface area contributed by atoms with Gasteiger partial charge in [-0.2, -0.15) is 5.10 Å². The van der Waals surface area contributed by atoms with Gasteiger partial charge in [0.2, 0.25) is 0 Å². The summed E-state index contributed by atoms with van der Waals surface area (Å²) in [6, 6.07) is 7.53. The zero-order chi connectivity index (χ0) is 23.7. The highest BCUT2D eigenvalue weighted by Gasteiger charge is 2.23. The van der Waals surface area contributed by atoms with Crippen LogP contribution in [0.1, 0.15) is 35.3 Å². The third-order valence-electron chi connectivity index (χ3n) is 6.07. The van der Waals surface area contributed by atoms with Gasteiger partial charge in [0.15, 0.2) is 11.5 Å². The molecule has 0 spiro atoms. The number of benzene rings is 1. The van der Waals surface area contributed by atoms with E-state index in [1.165, 1.54) is 0 Å². The van der Waals surface area contributed by atoms with E-state index in [1.54, 1.807) is 18.5 Å². The maximum atomic E-state index is 12.3. The van der Waals surface area contributed by atoms with Crippen molar-refractivity contribution in [2.75, 3.05) is 24.2 Å². The van der Waals surface area contributed by atoms with E-state index in [0.717, 1.165) is 47.9 Å². The monoisotopic (exact) mass is 458 g/mol. The molecule has 1 amide bonds. The van der Waals surface area contributed by atoms with Crippen molar-refractivity contribution in [3.63, 3.8) is 0 Å². The Kier molecular flexibility index (Phi) is 5.81. The van der Waals surface area contributed by atoms with Crippen LogP contribution in [0.25, 0.3) is 33.5 Å². The maximum absolute atomic E-state index is 12.3. The number of aromatic nitrogens is 5. The Morgan fingerprint density at radius 1 is 1.26 bits per heavy atom.